The van der Waals surface area contributed by atoms with Crippen molar-refractivity contribution in [2.45, 2.75) is 68.6 Å². The first-order chi connectivity index (χ1) is 18.0. The molecule has 3 aliphatic heterocycles. The standard InChI is InChI=1S/C27H36N4O6S/c1-17(2)27-11-9-20(32)23-21-13-30(22-10-12-29(16-36-4)25(33)28-22)14-26(37-21,24(23)27)15-31(27)38(34,35)19-7-5-18(3)6-8-19/h5-8,10,12,17,20-21,23-24,32H,9,11,13-16H2,1-4H3/t20-,21+,23+,24+,26+,27-/m0/s1. The second kappa shape index (κ2) is 8.85. The fourth-order valence-corrected chi connectivity index (χ4v) is 9.84. The number of hydrogen-bond acceptors (Lipinski definition) is 8. The molecule has 1 aliphatic carbocycles. The normalized spacial score (nSPS) is 34.6. The number of methoxy groups -OCH3 is 1. The van der Waals surface area contributed by atoms with Gasteiger partial charge < -0.3 is 19.5 Å². The number of hydrogen-bond donors (Lipinski definition) is 1. The maximum absolute atomic E-state index is 14.2. The van der Waals surface area contributed by atoms with E-state index in [9.17, 15) is 18.3 Å². The van der Waals surface area contributed by atoms with Crippen LogP contribution in [-0.4, -0.2) is 77.5 Å². The van der Waals surface area contributed by atoms with Gasteiger partial charge in [0.05, 0.1) is 23.6 Å². The largest absolute Gasteiger partial charge is 0.393 e. The van der Waals surface area contributed by atoms with E-state index in [0.717, 1.165) is 5.56 Å². The number of aliphatic hydroxyl groups excluding tert-OH is 1. The zero-order valence-corrected chi connectivity index (χ0v) is 23.1. The molecular formula is C27H36N4O6S. The molecule has 38 heavy (non-hydrogen) atoms. The van der Waals surface area contributed by atoms with Crippen LogP contribution in [0.1, 0.15) is 32.3 Å². The zero-order chi connectivity index (χ0) is 27.0. The molecule has 3 saturated heterocycles. The molecule has 1 N–H and O–H groups in total. The highest BCUT2D eigenvalue weighted by molar-refractivity contribution is 7.89. The van der Waals surface area contributed by atoms with E-state index >= 15 is 0 Å². The van der Waals surface area contributed by atoms with Crippen LogP contribution >= 0.6 is 0 Å². The van der Waals surface area contributed by atoms with Crippen molar-refractivity contribution in [3.05, 3.63) is 52.6 Å². The molecule has 0 unspecified atom stereocenters. The van der Waals surface area contributed by atoms with E-state index in [2.05, 4.69) is 18.8 Å². The second-order valence-electron chi connectivity index (χ2n) is 11.7. The minimum Gasteiger partial charge on any atom is -0.393 e. The van der Waals surface area contributed by atoms with Crippen LogP contribution in [0, 0.1) is 24.7 Å². The molecule has 10 nitrogen and oxygen atoms in total. The average Bonchev–Trinajstić information content (AvgIpc) is 3.29. The average molecular weight is 545 g/mol. The Labute approximate surface area is 223 Å². The molecule has 1 aromatic carbocycles. The molecule has 206 valence electrons. The number of fused-ring (bicyclic) bond motifs is 2. The summed E-state index contributed by atoms with van der Waals surface area (Å²) in [6, 6.07) is 8.78. The quantitative estimate of drug-likeness (QED) is 0.584. The lowest BCUT2D eigenvalue weighted by atomic mass is 9.59. The number of aromatic nitrogens is 2. The summed E-state index contributed by atoms with van der Waals surface area (Å²) < 4.78 is 43.4. The Bertz CT molecular complexity index is 1400. The Morgan fingerprint density at radius 2 is 1.95 bits per heavy atom. The highest BCUT2D eigenvalue weighted by Gasteiger charge is 2.76. The number of aliphatic hydroxyl groups is 1. The molecule has 6 atom stereocenters. The maximum atomic E-state index is 14.2. The minimum absolute atomic E-state index is 0.00888. The van der Waals surface area contributed by atoms with Gasteiger partial charge in [0, 0.05) is 43.8 Å². The highest BCUT2D eigenvalue weighted by Crippen LogP contribution is 2.64. The van der Waals surface area contributed by atoms with E-state index in [0.29, 0.717) is 31.7 Å². The molecule has 4 heterocycles. The Kier molecular flexibility index (Phi) is 6.04. The van der Waals surface area contributed by atoms with Crippen molar-refractivity contribution in [1.29, 1.82) is 0 Å². The van der Waals surface area contributed by atoms with E-state index in [1.54, 1.807) is 28.7 Å². The van der Waals surface area contributed by atoms with Gasteiger partial charge in [-0.05, 0) is 43.9 Å². The van der Waals surface area contributed by atoms with E-state index < -0.39 is 33.0 Å². The monoisotopic (exact) mass is 544 g/mol. The van der Waals surface area contributed by atoms with Crippen molar-refractivity contribution < 1.29 is 23.0 Å². The fraction of sp³-hybridized carbons (Fsp3) is 0.630. The molecule has 1 saturated carbocycles. The fourth-order valence-electron chi connectivity index (χ4n) is 7.85. The summed E-state index contributed by atoms with van der Waals surface area (Å²) in [5.74, 6) is 0.152. The molecule has 1 aromatic heterocycles. The third-order valence-electron chi connectivity index (χ3n) is 9.39. The van der Waals surface area contributed by atoms with Gasteiger partial charge in [-0.25, -0.2) is 13.2 Å². The van der Waals surface area contributed by atoms with Crippen molar-refractivity contribution in [2.24, 2.45) is 17.8 Å². The third kappa shape index (κ3) is 3.55. The van der Waals surface area contributed by atoms with Gasteiger partial charge in [0.2, 0.25) is 10.0 Å². The van der Waals surface area contributed by atoms with Gasteiger partial charge in [0.25, 0.3) is 0 Å². The molecular weight excluding hydrogens is 508 g/mol. The summed E-state index contributed by atoms with van der Waals surface area (Å²) in [6.45, 7) is 7.30. The van der Waals surface area contributed by atoms with Crippen molar-refractivity contribution in [1.82, 2.24) is 13.9 Å². The lowest BCUT2D eigenvalue weighted by Crippen LogP contribution is -2.60. The lowest BCUT2D eigenvalue weighted by molar-refractivity contribution is -0.0675. The SMILES string of the molecule is COCn1ccc(N2C[C@H]3O[C@]4(C2)CN(S(=O)(=O)c2ccc(C)cc2)[C@]2(C(C)C)CC[C@H](O)[C@H]3[C@H]42)nc1=O. The van der Waals surface area contributed by atoms with Crippen LogP contribution in [0.4, 0.5) is 5.82 Å². The van der Waals surface area contributed by atoms with Crippen LogP contribution in [0.2, 0.25) is 0 Å². The minimum atomic E-state index is -3.84. The summed E-state index contributed by atoms with van der Waals surface area (Å²) in [7, 11) is -2.32. The van der Waals surface area contributed by atoms with Gasteiger partial charge in [-0.1, -0.05) is 31.5 Å². The van der Waals surface area contributed by atoms with Crippen molar-refractivity contribution in [2.75, 3.05) is 31.6 Å². The number of aryl methyl sites for hydroxylation is 1. The number of morpholine rings is 1. The lowest BCUT2D eigenvalue weighted by Gasteiger charge is -2.51. The molecule has 4 fully saturated rings. The van der Waals surface area contributed by atoms with Crippen LogP contribution in [0.5, 0.6) is 0 Å². The van der Waals surface area contributed by atoms with Crippen LogP contribution in [0.25, 0.3) is 0 Å². The molecule has 11 heteroatoms. The summed E-state index contributed by atoms with van der Waals surface area (Å²) in [4.78, 5) is 19.2. The summed E-state index contributed by atoms with van der Waals surface area (Å²) in [5, 5.41) is 11.3. The van der Waals surface area contributed by atoms with Crippen LogP contribution < -0.4 is 10.6 Å². The third-order valence-corrected chi connectivity index (χ3v) is 11.3. The summed E-state index contributed by atoms with van der Waals surface area (Å²) >= 11 is 0. The smallest absolute Gasteiger partial charge is 0.351 e. The van der Waals surface area contributed by atoms with Crippen molar-refractivity contribution >= 4 is 15.8 Å². The number of ether oxygens (including phenoxy) is 2. The van der Waals surface area contributed by atoms with E-state index in [1.165, 1.54) is 11.7 Å². The molecule has 2 aromatic rings. The van der Waals surface area contributed by atoms with Gasteiger partial charge in [-0.3, -0.25) is 4.57 Å². The molecule has 0 radical (unpaired) electrons. The van der Waals surface area contributed by atoms with Gasteiger partial charge >= 0.3 is 5.69 Å². The van der Waals surface area contributed by atoms with Crippen LogP contribution in [-0.2, 0) is 26.2 Å². The number of anilines is 1. The predicted octanol–water partition coefficient (Wildman–Crippen LogP) is 1.60. The molecule has 0 amide bonds. The van der Waals surface area contributed by atoms with Gasteiger partial charge in [-0.2, -0.15) is 9.29 Å². The number of rotatable bonds is 6. The van der Waals surface area contributed by atoms with Gasteiger partial charge in [0.1, 0.15) is 18.1 Å². The molecule has 4 aliphatic rings. The Morgan fingerprint density at radius 1 is 1.21 bits per heavy atom. The van der Waals surface area contributed by atoms with E-state index in [4.69, 9.17) is 9.47 Å². The molecule has 6 rings (SSSR count). The first-order valence-electron chi connectivity index (χ1n) is 13.3. The number of nitrogens with zero attached hydrogens (tertiary/aromatic N) is 4. The predicted molar refractivity (Wildman–Crippen MR) is 140 cm³/mol. The van der Waals surface area contributed by atoms with Crippen LogP contribution in [0.3, 0.4) is 0 Å². The van der Waals surface area contributed by atoms with E-state index in [-0.39, 0.29) is 42.0 Å². The topological polar surface area (TPSA) is 114 Å². The van der Waals surface area contributed by atoms with Gasteiger partial charge in [0.15, 0.2) is 0 Å². The van der Waals surface area contributed by atoms with Crippen molar-refractivity contribution in [3.63, 3.8) is 0 Å². The first-order valence-corrected chi connectivity index (χ1v) is 14.7. The van der Waals surface area contributed by atoms with Crippen LogP contribution in [0.15, 0.2) is 46.2 Å². The molecule has 1 spiro atoms. The first kappa shape index (κ1) is 25.9. The zero-order valence-electron chi connectivity index (χ0n) is 22.3. The molecule has 2 bridgehead atoms. The second-order valence-corrected chi connectivity index (χ2v) is 13.6. The highest BCUT2D eigenvalue weighted by atomic mass is 32.2. The number of benzene rings is 1. The Morgan fingerprint density at radius 3 is 2.61 bits per heavy atom. The Hall–Kier alpha value is -2.31. The summed E-state index contributed by atoms with van der Waals surface area (Å²) in [6.07, 6.45) is 1.88. The van der Waals surface area contributed by atoms with Gasteiger partial charge in [-0.15, -0.1) is 0 Å². The van der Waals surface area contributed by atoms with Crippen molar-refractivity contribution in [3.8, 4) is 0 Å². The summed E-state index contributed by atoms with van der Waals surface area (Å²) in [5.41, 5.74) is -0.924. The Balaban J connectivity index is 1.45. The maximum Gasteiger partial charge on any atom is 0.351 e. The van der Waals surface area contributed by atoms with E-state index in [1.807, 2.05) is 24.0 Å². The number of sulfonamides is 1.